The number of hydrogen-bond acceptors (Lipinski definition) is 6. The molecule has 1 aromatic carbocycles. The Hall–Kier alpha value is -3.23. The molecule has 0 radical (unpaired) electrons. The number of carboxylic acids is 1. The summed E-state index contributed by atoms with van der Waals surface area (Å²) < 4.78 is 16.3. The van der Waals surface area contributed by atoms with E-state index in [2.05, 4.69) is 24.9 Å². The molecule has 1 fully saturated rings. The van der Waals surface area contributed by atoms with Crippen molar-refractivity contribution < 1.29 is 14.3 Å². The van der Waals surface area contributed by atoms with Crippen LogP contribution < -0.4 is 9.80 Å². The Kier molecular flexibility index (Phi) is 5.52. The van der Waals surface area contributed by atoms with Crippen LogP contribution in [-0.2, 0) is 0 Å². The predicted octanol–water partition coefficient (Wildman–Crippen LogP) is 3.49. The molecule has 1 aliphatic heterocycles. The Morgan fingerprint density at radius 1 is 1.17 bits per heavy atom. The SMILES string of the molecule is CCN(CC)c1nc(-n2cc(C(=O)O)cn2)nc2cc(F)c(N3CCCCC3)cc12. The van der Waals surface area contributed by atoms with E-state index >= 15 is 4.39 Å². The van der Waals surface area contributed by atoms with Crippen molar-refractivity contribution in [1.29, 1.82) is 0 Å². The van der Waals surface area contributed by atoms with Gasteiger partial charge >= 0.3 is 5.97 Å². The zero-order valence-electron chi connectivity index (χ0n) is 17.2. The molecule has 0 saturated carbocycles. The monoisotopic (exact) mass is 412 g/mol. The van der Waals surface area contributed by atoms with E-state index in [0.717, 1.165) is 44.4 Å². The third kappa shape index (κ3) is 3.67. The van der Waals surface area contributed by atoms with Crippen molar-refractivity contribution in [2.75, 3.05) is 36.0 Å². The molecule has 1 aliphatic rings. The molecular weight excluding hydrogens is 387 g/mol. The average Bonchev–Trinajstić information content (AvgIpc) is 3.25. The van der Waals surface area contributed by atoms with E-state index in [1.807, 2.05) is 19.9 Å². The number of anilines is 2. The molecular formula is C21H25FN6O2. The van der Waals surface area contributed by atoms with E-state index < -0.39 is 5.97 Å². The van der Waals surface area contributed by atoms with Gasteiger partial charge in [-0.2, -0.15) is 10.1 Å². The van der Waals surface area contributed by atoms with Crippen molar-refractivity contribution in [1.82, 2.24) is 19.7 Å². The first-order chi connectivity index (χ1) is 14.5. The van der Waals surface area contributed by atoms with Crippen molar-refractivity contribution in [3.63, 3.8) is 0 Å². The van der Waals surface area contributed by atoms with E-state index in [1.165, 1.54) is 29.6 Å². The summed E-state index contributed by atoms with van der Waals surface area (Å²) in [6.07, 6.45) is 5.88. The molecule has 1 N–H and O–H groups in total. The van der Waals surface area contributed by atoms with Crippen molar-refractivity contribution in [2.24, 2.45) is 0 Å². The molecule has 2 aromatic heterocycles. The molecule has 0 spiro atoms. The molecule has 0 bridgehead atoms. The predicted molar refractivity (Wildman–Crippen MR) is 113 cm³/mol. The van der Waals surface area contributed by atoms with E-state index in [-0.39, 0.29) is 17.3 Å². The normalized spacial score (nSPS) is 14.3. The molecule has 0 amide bonds. The zero-order valence-corrected chi connectivity index (χ0v) is 17.2. The van der Waals surface area contributed by atoms with Crippen LogP contribution in [-0.4, -0.2) is 57.0 Å². The molecule has 1 saturated heterocycles. The summed E-state index contributed by atoms with van der Waals surface area (Å²) in [5.41, 5.74) is 1.08. The summed E-state index contributed by atoms with van der Waals surface area (Å²) in [5, 5.41) is 14.0. The van der Waals surface area contributed by atoms with Crippen LogP contribution in [0.1, 0.15) is 43.5 Å². The van der Waals surface area contributed by atoms with Crippen molar-refractivity contribution in [2.45, 2.75) is 33.1 Å². The Balaban J connectivity index is 1.88. The Bertz CT molecular complexity index is 1070. The van der Waals surface area contributed by atoms with Crippen LogP contribution in [0.15, 0.2) is 24.5 Å². The second kappa shape index (κ2) is 8.25. The molecule has 0 aliphatic carbocycles. The van der Waals surface area contributed by atoms with Crippen LogP contribution >= 0.6 is 0 Å². The van der Waals surface area contributed by atoms with Crippen LogP contribution in [0.4, 0.5) is 15.9 Å². The van der Waals surface area contributed by atoms with Gasteiger partial charge in [0, 0.05) is 43.8 Å². The summed E-state index contributed by atoms with van der Waals surface area (Å²) in [5.74, 6) is -0.498. The fourth-order valence-corrected chi connectivity index (χ4v) is 3.90. The van der Waals surface area contributed by atoms with E-state index in [9.17, 15) is 4.79 Å². The van der Waals surface area contributed by atoms with Crippen LogP contribution in [0.2, 0.25) is 0 Å². The number of carbonyl (C=O) groups is 1. The van der Waals surface area contributed by atoms with Crippen LogP contribution in [0.3, 0.4) is 0 Å². The fourth-order valence-electron chi connectivity index (χ4n) is 3.90. The molecule has 8 nitrogen and oxygen atoms in total. The van der Waals surface area contributed by atoms with Gasteiger partial charge in [0.25, 0.3) is 5.95 Å². The lowest BCUT2D eigenvalue weighted by atomic mass is 10.1. The third-order valence-electron chi connectivity index (χ3n) is 5.53. The summed E-state index contributed by atoms with van der Waals surface area (Å²) in [6, 6.07) is 3.29. The second-order valence-corrected chi connectivity index (χ2v) is 7.37. The molecule has 9 heteroatoms. The number of benzene rings is 1. The largest absolute Gasteiger partial charge is 0.478 e. The number of aromatic nitrogens is 4. The fraction of sp³-hybridized carbons (Fsp3) is 0.429. The zero-order chi connectivity index (χ0) is 21.3. The van der Waals surface area contributed by atoms with Gasteiger partial charge in [0.05, 0.1) is 23.0 Å². The first-order valence-electron chi connectivity index (χ1n) is 10.3. The number of fused-ring (bicyclic) bond motifs is 1. The quantitative estimate of drug-likeness (QED) is 0.663. The number of halogens is 1. The van der Waals surface area contributed by atoms with E-state index in [4.69, 9.17) is 5.11 Å². The minimum atomic E-state index is -1.08. The number of carboxylic acid groups (broad SMARTS) is 1. The first-order valence-corrected chi connectivity index (χ1v) is 10.3. The summed E-state index contributed by atoms with van der Waals surface area (Å²) >= 11 is 0. The van der Waals surface area contributed by atoms with E-state index in [1.54, 1.807) is 0 Å². The highest BCUT2D eigenvalue weighted by molar-refractivity contribution is 5.93. The van der Waals surface area contributed by atoms with Gasteiger partial charge in [0.2, 0.25) is 0 Å². The van der Waals surface area contributed by atoms with Crippen LogP contribution in [0.5, 0.6) is 0 Å². The topological polar surface area (TPSA) is 87.4 Å². The summed E-state index contributed by atoms with van der Waals surface area (Å²) in [6.45, 7) is 7.18. The van der Waals surface area contributed by atoms with Crippen LogP contribution in [0, 0.1) is 5.82 Å². The first kappa shape index (κ1) is 20.1. The van der Waals surface area contributed by atoms with Crippen LogP contribution in [0.25, 0.3) is 16.9 Å². The highest BCUT2D eigenvalue weighted by Gasteiger charge is 2.21. The standard InChI is InChI=1S/C21H25FN6O2/c1-3-26(4-2)19-15-10-18(27-8-6-5-7-9-27)16(22)11-17(15)24-21(25-19)28-13-14(12-23-28)20(29)30/h10-13H,3-9H2,1-2H3,(H,29,30). The maximum atomic E-state index is 15.0. The number of hydrogen-bond donors (Lipinski definition) is 1. The minimum Gasteiger partial charge on any atom is -0.478 e. The number of piperidine rings is 1. The lowest BCUT2D eigenvalue weighted by Crippen LogP contribution is -2.30. The molecule has 158 valence electrons. The van der Waals surface area contributed by atoms with Gasteiger partial charge in [-0.05, 0) is 39.2 Å². The minimum absolute atomic E-state index is 0.0368. The Morgan fingerprint density at radius 3 is 2.53 bits per heavy atom. The van der Waals surface area contributed by atoms with E-state index in [0.29, 0.717) is 17.0 Å². The highest BCUT2D eigenvalue weighted by Crippen LogP contribution is 2.32. The van der Waals surface area contributed by atoms with Gasteiger partial charge in [-0.15, -0.1) is 0 Å². The van der Waals surface area contributed by atoms with Gasteiger partial charge in [-0.25, -0.2) is 18.9 Å². The van der Waals surface area contributed by atoms with Gasteiger partial charge in [0.1, 0.15) is 11.6 Å². The summed E-state index contributed by atoms with van der Waals surface area (Å²) in [7, 11) is 0. The maximum absolute atomic E-state index is 15.0. The third-order valence-corrected chi connectivity index (χ3v) is 5.53. The number of aromatic carboxylic acids is 1. The molecule has 0 atom stereocenters. The van der Waals surface area contributed by atoms with Crippen molar-refractivity contribution in [3.05, 3.63) is 35.9 Å². The molecule has 30 heavy (non-hydrogen) atoms. The second-order valence-electron chi connectivity index (χ2n) is 7.37. The molecule has 3 aromatic rings. The summed E-state index contributed by atoms with van der Waals surface area (Å²) in [4.78, 5) is 24.5. The van der Waals surface area contributed by atoms with Gasteiger partial charge in [-0.1, -0.05) is 0 Å². The lowest BCUT2D eigenvalue weighted by Gasteiger charge is -2.30. The average molecular weight is 412 g/mol. The highest BCUT2D eigenvalue weighted by atomic mass is 19.1. The molecule has 4 rings (SSSR count). The Labute approximate surface area is 174 Å². The van der Waals surface area contributed by atoms with Crippen molar-refractivity contribution in [3.8, 4) is 5.95 Å². The van der Waals surface area contributed by atoms with Gasteiger partial charge in [0.15, 0.2) is 0 Å². The Morgan fingerprint density at radius 2 is 1.90 bits per heavy atom. The lowest BCUT2D eigenvalue weighted by molar-refractivity contribution is 0.0697. The molecule has 0 unspecified atom stereocenters. The van der Waals surface area contributed by atoms with Gasteiger partial charge in [-0.3, -0.25) is 0 Å². The molecule has 3 heterocycles. The number of nitrogens with zero attached hydrogens (tertiary/aromatic N) is 6. The number of rotatable bonds is 6. The maximum Gasteiger partial charge on any atom is 0.338 e. The van der Waals surface area contributed by atoms with Crippen molar-refractivity contribution >= 4 is 28.4 Å². The smallest absolute Gasteiger partial charge is 0.338 e. The van der Waals surface area contributed by atoms with Gasteiger partial charge < -0.3 is 14.9 Å².